The molecular formula is C31H24N2O6. The molecule has 1 aliphatic rings. The lowest BCUT2D eigenvalue weighted by molar-refractivity contribution is -0.122. The Hall–Kier alpha value is -5.24. The topological polar surface area (TPSA) is 102 Å². The van der Waals surface area contributed by atoms with Crippen molar-refractivity contribution in [2.75, 3.05) is 12.0 Å². The number of nitrogens with zero attached hydrogens (tertiary/aromatic N) is 1. The van der Waals surface area contributed by atoms with Crippen LogP contribution < -0.4 is 15.0 Å². The summed E-state index contributed by atoms with van der Waals surface area (Å²) in [4.78, 5) is 51.2. The Morgan fingerprint density at radius 3 is 2.38 bits per heavy atom. The lowest BCUT2D eigenvalue weighted by atomic mass is 10.0. The number of anilines is 1. The van der Waals surface area contributed by atoms with Crippen LogP contribution in [-0.2, 0) is 20.9 Å². The second-order valence-electron chi connectivity index (χ2n) is 8.90. The quantitative estimate of drug-likeness (QED) is 0.214. The highest BCUT2D eigenvalue weighted by molar-refractivity contribution is 6.39. The number of imide groups is 2. The zero-order chi connectivity index (χ0) is 27.5. The van der Waals surface area contributed by atoms with Crippen LogP contribution in [0.15, 0.2) is 90.5 Å². The molecule has 4 aromatic carbocycles. The molecule has 0 bridgehead atoms. The number of carbonyl (C=O) groups excluding carboxylic acids is 4. The van der Waals surface area contributed by atoms with Gasteiger partial charge in [-0.15, -0.1) is 0 Å². The fraction of sp³-hybridized carbons (Fsp3) is 0.0968. The number of fused-ring (bicyclic) bond motifs is 1. The molecular weight excluding hydrogens is 496 g/mol. The second kappa shape index (κ2) is 10.6. The van der Waals surface area contributed by atoms with Gasteiger partial charge in [-0.2, -0.15) is 0 Å². The van der Waals surface area contributed by atoms with E-state index in [-0.39, 0.29) is 23.4 Å². The molecule has 0 spiro atoms. The van der Waals surface area contributed by atoms with E-state index in [0.29, 0.717) is 11.3 Å². The third-order valence-electron chi connectivity index (χ3n) is 6.51. The molecule has 0 saturated carbocycles. The van der Waals surface area contributed by atoms with Crippen LogP contribution in [0.2, 0.25) is 0 Å². The van der Waals surface area contributed by atoms with Crippen LogP contribution in [0.25, 0.3) is 16.8 Å². The molecule has 8 heteroatoms. The smallest absolute Gasteiger partial charge is 0.337 e. The van der Waals surface area contributed by atoms with E-state index in [2.05, 4.69) is 16.1 Å². The van der Waals surface area contributed by atoms with Crippen molar-refractivity contribution in [1.29, 1.82) is 0 Å². The van der Waals surface area contributed by atoms with Gasteiger partial charge in [0.1, 0.15) is 17.9 Å². The summed E-state index contributed by atoms with van der Waals surface area (Å²) >= 11 is 0. The fourth-order valence-electron chi connectivity index (χ4n) is 4.43. The molecule has 1 fully saturated rings. The standard InChI is InChI=1S/C31H24N2O6/c1-19-11-12-20-7-3-5-9-24(20)26(19)18-39-27-10-6-4-8-22(27)17-25-28(34)32-31(37)33(29(25)35)23-15-13-21(14-16-23)30(36)38-2/h3-17H,18H2,1-2H3,(H,32,34,37)/b25-17+. The predicted octanol–water partition coefficient (Wildman–Crippen LogP) is 5.18. The molecule has 0 unspecified atom stereocenters. The highest BCUT2D eigenvalue weighted by Crippen LogP contribution is 2.28. The number of barbiturate groups is 1. The van der Waals surface area contributed by atoms with Crippen LogP contribution in [0.5, 0.6) is 5.75 Å². The zero-order valence-electron chi connectivity index (χ0n) is 21.3. The second-order valence-corrected chi connectivity index (χ2v) is 8.90. The van der Waals surface area contributed by atoms with Gasteiger partial charge in [0.15, 0.2) is 0 Å². The van der Waals surface area contributed by atoms with Crippen LogP contribution >= 0.6 is 0 Å². The molecule has 4 amide bonds. The van der Waals surface area contributed by atoms with E-state index >= 15 is 0 Å². The van der Waals surface area contributed by atoms with Gasteiger partial charge in [0.2, 0.25) is 0 Å². The number of esters is 1. The summed E-state index contributed by atoms with van der Waals surface area (Å²) in [6, 6.07) is 24.0. The molecule has 0 radical (unpaired) electrons. The third-order valence-corrected chi connectivity index (χ3v) is 6.51. The Kier molecular flexibility index (Phi) is 6.93. The van der Waals surface area contributed by atoms with Gasteiger partial charge >= 0.3 is 12.0 Å². The predicted molar refractivity (Wildman–Crippen MR) is 146 cm³/mol. The maximum Gasteiger partial charge on any atom is 0.337 e. The van der Waals surface area contributed by atoms with Gasteiger partial charge in [-0.25, -0.2) is 14.5 Å². The van der Waals surface area contributed by atoms with Crippen LogP contribution in [0.4, 0.5) is 10.5 Å². The Labute approximate surface area is 224 Å². The van der Waals surface area contributed by atoms with E-state index in [1.165, 1.54) is 37.5 Å². The number of para-hydroxylation sites is 1. The number of ether oxygens (including phenoxy) is 2. The van der Waals surface area contributed by atoms with Crippen molar-refractivity contribution in [3.05, 3.63) is 113 Å². The Balaban J connectivity index is 1.44. The number of hydrogen-bond donors (Lipinski definition) is 1. The maximum absolute atomic E-state index is 13.4. The van der Waals surface area contributed by atoms with Crippen LogP contribution in [0.3, 0.4) is 0 Å². The van der Waals surface area contributed by atoms with Gasteiger partial charge in [-0.05, 0) is 59.7 Å². The average Bonchev–Trinajstić information content (AvgIpc) is 2.95. The molecule has 0 atom stereocenters. The van der Waals surface area contributed by atoms with Gasteiger partial charge < -0.3 is 9.47 Å². The molecule has 0 aliphatic carbocycles. The summed E-state index contributed by atoms with van der Waals surface area (Å²) in [5.74, 6) is -1.69. The number of carbonyl (C=O) groups is 4. The number of aryl methyl sites for hydroxylation is 1. The van der Waals surface area contributed by atoms with E-state index in [1.54, 1.807) is 24.3 Å². The molecule has 8 nitrogen and oxygen atoms in total. The number of amides is 4. The Morgan fingerprint density at radius 1 is 0.897 bits per heavy atom. The first-order valence-corrected chi connectivity index (χ1v) is 12.2. The van der Waals surface area contributed by atoms with E-state index in [1.807, 2.05) is 37.3 Å². The maximum atomic E-state index is 13.4. The van der Waals surface area contributed by atoms with Gasteiger partial charge in [0.05, 0.1) is 18.4 Å². The highest BCUT2D eigenvalue weighted by atomic mass is 16.5. The van der Waals surface area contributed by atoms with Crippen molar-refractivity contribution in [1.82, 2.24) is 5.32 Å². The molecule has 0 aromatic heterocycles. The largest absolute Gasteiger partial charge is 0.488 e. The number of rotatable bonds is 6. The van der Waals surface area contributed by atoms with Crippen molar-refractivity contribution >= 4 is 46.4 Å². The number of hydrogen-bond acceptors (Lipinski definition) is 6. The first-order chi connectivity index (χ1) is 18.9. The number of nitrogens with one attached hydrogen (secondary N) is 1. The summed E-state index contributed by atoms with van der Waals surface area (Å²) in [6.07, 6.45) is 1.41. The molecule has 194 valence electrons. The Morgan fingerprint density at radius 2 is 1.62 bits per heavy atom. The number of benzene rings is 4. The normalized spacial score (nSPS) is 14.5. The van der Waals surface area contributed by atoms with E-state index in [4.69, 9.17) is 4.74 Å². The lowest BCUT2D eigenvalue weighted by Crippen LogP contribution is -2.54. The SMILES string of the molecule is COC(=O)c1ccc(N2C(=O)NC(=O)/C(=C\c3ccccc3OCc3c(C)ccc4ccccc34)C2=O)cc1. The number of urea groups is 1. The molecule has 1 heterocycles. The van der Waals surface area contributed by atoms with Crippen LogP contribution in [0.1, 0.15) is 27.0 Å². The molecule has 1 aliphatic heterocycles. The van der Waals surface area contributed by atoms with Gasteiger partial charge in [-0.1, -0.05) is 54.6 Å². The molecule has 1 N–H and O–H groups in total. The van der Waals surface area contributed by atoms with E-state index in [0.717, 1.165) is 26.8 Å². The highest BCUT2D eigenvalue weighted by Gasteiger charge is 2.37. The van der Waals surface area contributed by atoms with Crippen molar-refractivity contribution in [3.8, 4) is 5.75 Å². The summed E-state index contributed by atoms with van der Waals surface area (Å²) in [5.41, 5.74) is 2.84. The van der Waals surface area contributed by atoms with Gasteiger partial charge in [0.25, 0.3) is 11.8 Å². The summed E-state index contributed by atoms with van der Waals surface area (Å²) in [6.45, 7) is 2.30. The molecule has 5 rings (SSSR count). The summed E-state index contributed by atoms with van der Waals surface area (Å²) in [7, 11) is 1.26. The molecule has 39 heavy (non-hydrogen) atoms. The monoisotopic (exact) mass is 520 g/mol. The van der Waals surface area contributed by atoms with Crippen molar-refractivity contribution in [3.63, 3.8) is 0 Å². The Bertz CT molecular complexity index is 1660. The third kappa shape index (κ3) is 5.00. The summed E-state index contributed by atoms with van der Waals surface area (Å²) in [5, 5.41) is 4.40. The van der Waals surface area contributed by atoms with E-state index in [9.17, 15) is 19.2 Å². The first kappa shape index (κ1) is 25.4. The first-order valence-electron chi connectivity index (χ1n) is 12.2. The zero-order valence-corrected chi connectivity index (χ0v) is 21.3. The molecule has 1 saturated heterocycles. The van der Waals surface area contributed by atoms with Gasteiger partial charge in [-0.3, -0.25) is 14.9 Å². The lowest BCUT2D eigenvalue weighted by Gasteiger charge is -2.26. The van der Waals surface area contributed by atoms with Crippen LogP contribution in [0, 0.1) is 6.92 Å². The van der Waals surface area contributed by atoms with Crippen LogP contribution in [-0.4, -0.2) is 30.9 Å². The number of methoxy groups -OCH3 is 1. The average molecular weight is 521 g/mol. The van der Waals surface area contributed by atoms with Crippen molar-refractivity contribution in [2.24, 2.45) is 0 Å². The van der Waals surface area contributed by atoms with Crippen molar-refractivity contribution in [2.45, 2.75) is 13.5 Å². The van der Waals surface area contributed by atoms with E-state index < -0.39 is 23.8 Å². The molecule has 4 aromatic rings. The fourth-order valence-corrected chi connectivity index (χ4v) is 4.43. The minimum atomic E-state index is -0.885. The van der Waals surface area contributed by atoms with Crippen molar-refractivity contribution < 1.29 is 28.7 Å². The minimum Gasteiger partial charge on any atom is -0.488 e. The van der Waals surface area contributed by atoms with Gasteiger partial charge in [0, 0.05) is 11.1 Å². The summed E-state index contributed by atoms with van der Waals surface area (Å²) < 4.78 is 10.9. The minimum absolute atomic E-state index is 0.194.